The molecule has 2 N–H and O–H groups in total. The highest BCUT2D eigenvalue weighted by Crippen LogP contribution is 2.23. The van der Waals surface area contributed by atoms with Gasteiger partial charge in [-0.05, 0) is 45.5 Å². The van der Waals surface area contributed by atoms with Crippen molar-refractivity contribution >= 4 is 0 Å². The molecule has 2 atom stereocenters. The second-order valence-corrected chi connectivity index (χ2v) is 5.46. The van der Waals surface area contributed by atoms with Gasteiger partial charge in [0, 0.05) is 25.7 Å². The van der Waals surface area contributed by atoms with Gasteiger partial charge in [0.2, 0.25) is 0 Å². The maximum Gasteiger partial charge on any atom is 0.119 e. The summed E-state index contributed by atoms with van der Waals surface area (Å²) in [5.41, 5.74) is 7.15. The van der Waals surface area contributed by atoms with Crippen LogP contribution >= 0.6 is 0 Å². The standard InChI is InChI=1S/C16H28N2O2/c1-12(2)20-15-8-6-14(7-9-15)16(10-17)18(4)13(3)11-19-5/h6-9,12-13,16H,10-11,17H2,1-5H3. The van der Waals surface area contributed by atoms with Crippen LogP contribution in [0.1, 0.15) is 32.4 Å². The van der Waals surface area contributed by atoms with E-state index in [1.165, 1.54) is 5.56 Å². The van der Waals surface area contributed by atoms with Crippen molar-refractivity contribution in [2.75, 3.05) is 27.3 Å². The van der Waals surface area contributed by atoms with Crippen LogP contribution in [0.2, 0.25) is 0 Å². The number of methoxy groups -OCH3 is 1. The third-order valence-corrected chi connectivity index (χ3v) is 3.45. The van der Waals surface area contributed by atoms with Gasteiger partial charge in [-0.25, -0.2) is 0 Å². The van der Waals surface area contributed by atoms with Crippen LogP contribution in [0.4, 0.5) is 0 Å². The number of hydrogen-bond acceptors (Lipinski definition) is 4. The predicted octanol–water partition coefficient (Wildman–Crippen LogP) is 2.44. The molecular formula is C16H28N2O2. The summed E-state index contributed by atoms with van der Waals surface area (Å²) in [4.78, 5) is 2.25. The molecule has 0 radical (unpaired) electrons. The highest BCUT2D eigenvalue weighted by molar-refractivity contribution is 5.29. The molecule has 0 bridgehead atoms. The lowest BCUT2D eigenvalue weighted by atomic mass is 10.0. The number of benzene rings is 1. The van der Waals surface area contributed by atoms with Crippen molar-refractivity contribution in [3.05, 3.63) is 29.8 Å². The summed E-state index contributed by atoms with van der Waals surface area (Å²) >= 11 is 0. The molecule has 1 rings (SSSR count). The van der Waals surface area contributed by atoms with Crippen molar-refractivity contribution in [2.45, 2.75) is 39.0 Å². The Balaban J connectivity index is 2.79. The summed E-state index contributed by atoms with van der Waals surface area (Å²) < 4.78 is 10.9. The minimum absolute atomic E-state index is 0.188. The van der Waals surface area contributed by atoms with Gasteiger partial charge in [0.1, 0.15) is 5.75 Å². The van der Waals surface area contributed by atoms with Crippen LogP contribution in [0, 0.1) is 0 Å². The molecule has 0 aliphatic carbocycles. The van der Waals surface area contributed by atoms with E-state index in [4.69, 9.17) is 15.2 Å². The van der Waals surface area contributed by atoms with Gasteiger partial charge in [0.15, 0.2) is 0 Å². The van der Waals surface area contributed by atoms with Gasteiger partial charge >= 0.3 is 0 Å². The number of nitrogens with zero attached hydrogens (tertiary/aromatic N) is 1. The van der Waals surface area contributed by atoms with Gasteiger partial charge < -0.3 is 15.2 Å². The van der Waals surface area contributed by atoms with Crippen molar-refractivity contribution in [2.24, 2.45) is 5.73 Å². The molecule has 0 aliphatic rings. The lowest BCUT2D eigenvalue weighted by molar-refractivity contribution is 0.0910. The lowest BCUT2D eigenvalue weighted by Gasteiger charge is -2.32. The van der Waals surface area contributed by atoms with Crippen molar-refractivity contribution in [1.82, 2.24) is 4.90 Å². The monoisotopic (exact) mass is 280 g/mol. The van der Waals surface area contributed by atoms with Gasteiger partial charge in [-0.2, -0.15) is 0 Å². The normalized spacial score (nSPS) is 14.6. The van der Waals surface area contributed by atoms with E-state index in [-0.39, 0.29) is 12.1 Å². The molecule has 1 aromatic carbocycles. The van der Waals surface area contributed by atoms with Crippen LogP contribution in [0.25, 0.3) is 0 Å². The molecule has 20 heavy (non-hydrogen) atoms. The van der Waals surface area contributed by atoms with Crippen LogP contribution in [-0.2, 0) is 4.74 Å². The molecule has 114 valence electrons. The first-order chi connectivity index (χ1) is 9.49. The molecular weight excluding hydrogens is 252 g/mol. The molecule has 4 heteroatoms. The number of nitrogens with two attached hydrogens (primary N) is 1. The summed E-state index contributed by atoms with van der Waals surface area (Å²) in [6.45, 7) is 7.46. The Hall–Kier alpha value is -1.10. The van der Waals surface area contributed by atoms with Gasteiger partial charge in [0.25, 0.3) is 0 Å². The van der Waals surface area contributed by atoms with E-state index in [1.54, 1.807) is 7.11 Å². The van der Waals surface area contributed by atoms with Crippen molar-refractivity contribution < 1.29 is 9.47 Å². The Morgan fingerprint density at radius 3 is 2.20 bits per heavy atom. The zero-order valence-electron chi connectivity index (χ0n) is 13.3. The average Bonchev–Trinajstić information content (AvgIpc) is 2.41. The SMILES string of the molecule is COCC(C)N(C)C(CN)c1ccc(OC(C)C)cc1. The molecule has 0 aliphatic heterocycles. The predicted molar refractivity (Wildman–Crippen MR) is 83.1 cm³/mol. The lowest BCUT2D eigenvalue weighted by Crippen LogP contribution is -2.39. The first-order valence-electron chi connectivity index (χ1n) is 7.17. The number of likely N-dealkylation sites (N-methyl/N-ethyl adjacent to an activating group) is 1. The second kappa shape index (κ2) is 8.25. The van der Waals surface area contributed by atoms with Gasteiger partial charge in [-0.3, -0.25) is 4.90 Å². The smallest absolute Gasteiger partial charge is 0.119 e. The Bertz CT molecular complexity index is 379. The molecule has 0 amide bonds. The quantitative estimate of drug-likeness (QED) is 0.794. The third kappa shape index (κ3) is 4.78. The van der Waals surface area contributed by atoms with E-state index in [0.29, 0.717) is 19.2 Å². The Kier molecular flexibility index (Phi) is 6.99. The van der Waals surface area contributed by atoms with E-state index in [9.17, 15) is 0 Å². The fraction of sp³-hybridized carbons (Fsp3) is 0.625. The molecule has 0 saturated carbocycles. The van der Waals surface area contributed by atoms with E-state index in [1.807, 2.05) is 26.0 Å². The van der Waals surface area contributed by atoms with Crippen LogP contribution in [0.15, 0.2) is 24.3 Å². The summed E-state index contributed by atoms with van der Waals surface area (Å²) in [5.74, 6) is 0.895. The van der Waals surface area contributed by atoms with E-state index >= 15 is 0 Å². The topological polar surface area (TPSA) is 47.7 Å². The highest BCUT2D eigenvalue weighted by atomic mass is 16.5. The molecule has 1 aromatic rings. The molecule has 0 heterocycles. The van der Waals surface area contributed by atoms with Gasteiger partial charge in [0.05, 0.1) is 12.7 Å². The number of rotatable bonds is 8. The Morgan fingerprint density at radius 2 is 1.75 bits per heavy atom. The van der Waals surface area contributed by atoms with Crippen LogP contribution in [-0.4, -0.2) is 44.4 Å². The molecule has 4 nitrogen and oxygen atoms in total. The maximum atomic E-state index is 5.94. The second-order valence-electron chi connectivity index (χ2n) is 5.46. The van der Waals surface area contributed by atoms with Crippen LogP contribution in [0.3, 0.4) is 0 Å². The zero-order valence-corrected chi connectivity index (χ0v) is 13.3. The first kappa shape index (κ1) is 17.0. The zero-order chi connectivity index (χ0) is 15.1. The van der Waals surface area contributed by atoms with Gasteiger partial charge in [-0.15, -0.1) is 0 Å². The Labute approximate surface area is 122 Å². The van der Waals surface area contributed by atoms with Crippen molar-refractivity contribution in [1.29, 1.82) is 0 Å². The largest absolute Gasteiger partial charge is 0.491 e. The van der Waals surface area contributed by atoms with Crippen LogP contribution < -0.4 is 10.5 Å². The number of ether oxygens (including phenoxy) is 2. The molecule has 0 fully saturated rings. The minimum atomic E-state index is 0.188. The van der Waals surface area contributed by atoms with Crippen molar-refractivity contribution in [3.8, 4) is 5.75 Å². The fourth-order valence-corrected chi connectivity index (χ4v) is 2.24. The first-order valence-corrected chi connectivity index (χ1v) is 7.17. The summed E-state index contributed by atoms with van der Waals surface area (Å²) in [6, 6.07) is 8.70. The third-order valence-electron chi connectivity index (χ3n) is 3.45. The molecule has 2 unspecified atom stereocenters. The average molecular weight is 280 g/mol. The Morgan fingerprint density at radius 1 is 1.15 bits per heavy atom. The van der Waals surface area contributed by atoms with E-state index in [2.05, 4.69) is 31.0 Å². The summed E-state index contributed by atoms with van der Waals surface area (Å²) in [5, 5.41) is 0. The van der Waals surface area contributed by atoms with E-state index < -0.39 is 0 Å². The summed E-state index contributed by atoms with van der Waals surface area (Å²) in [7, 11) is 3.81. The van der Waals surface area contributed by atoms with Crippen molar-refractivity contribution in [3.63, 3.8) is 0 Å². The molecule has 0 aromatic heterocycles. The van der Waals surface area contributed by atoms with Gasteiger partial charge in [-0.1, -0.05) is 12.1 Å². The highest BCUT2D eigenvalue weighted by Gasteiger charge is 2.20. The molecule has 0 saturated heterocycles. The number of hydrogen-bond donors (Lipinski definition) is 1. The van der Waals surface area contributed by atoms with Crippen LogP contribution in [0.5, 0.6) is 5.75 Å². The summed E-state index contributed by atoms with van der Waals surface area (Å²) in [6.07, 6.45) is 0.190. The van der Waals surface area contributed by atoms with E-state index in [0.717, 1.165) is 5.75 Å². The fourth-order valence-electron chi connectivity index (χ4n) is 2.24. The molecule has 0 spiro atoms. The minimum Gasteiger partial charge on any atom is -0.491 e. The maximum absolute atomic E-state index is 5.94.